The first-order chi connectivity index (χ1) is 10.0. The van der Waals surface area contributed by atoms with E-state index in [0.717, 1.165) is 5.56 Å². The molecule has 0 fully saturated rings. The van der Waals surface area contributed by atoms with Crippen LogP contribution in [0.25, 0.3) is 0 Å². The Kier molecular flexibility index (Phi) is 4.74. The SMILES string of the molecule is CNc1cc(COc2ccc(Br)c(F)c2)ccc1[N+](=O)[O-]. The number of rotatable bonds is 5. The van der Waals surface area contributed by atoms with Gasteiger partial charge in [-0.3, -0.25) is 10.1 Å². The molecule has 0 spiro atoms. The number of hydrogen-bond donors (Lipinski definition) is 1. The predicted molar refractivity (Wildman–Crippen MR) is 81.1 cm³/mol. The predicted octanol–water partition coefficient (Wildman–Crippen LogP) is 4.12. The number of ether oxygens (including phenoxy) is 1. The van der Waals surface area contributed by atoms with E-state index in [-0.39, 0.29) is 12.3 Å². The van der Waals surface area contributed by atoms with Gasteiger partial charge in [-0.1, -0.05) is 0 Å². The molecule has 0 bridgehead atoms. The average molecular weight is 355 g/mol. The van der Waals surface area contributed by atoms with Crippen LogP contribution in [-0.2, 0) is 6.61 Å². The van der Waals surface area contributed by atoms with Crippen LogP contribution in [0.5, 0.6) is 5.75 Å². The Labute approximate surface area is 129 Å². The first-order valence-electron chi connectivity index (χ1n) is 6.04. The van der Waals surface area contributed by atoms with Crippen LogP contribution in [0.3, 0.4) is 0 Å². The van der Waals surface area contributed by atoms with E-state index in [0.29, 0.717) is 15.9 Å². The van der Waals surface area contributed by atoms with Crippen LogP contribution in [0.4, 0.5) is 15.8 Å². The van der Waals surface area contributed by atoms with Crippen molar-refractivity contribution < 1.29 is 14.1 Å². The Bertz CT molecular complexity index is 679. The van der Waals surface area contributed by atoms with Gasteiger partial charge in [-0.15, -0.1) is 0 Å². The molecule has 2 rings (SSSR count). The zero-order chi connectivity index (χ0) is 15.4. The highest BCUT2D eigenvalue weighted by Crippen LogP contribution is 2.26. The number of benzene rings is 2. The van der Waals surface area contributed by atoms with Gasteiger partial charge in [-0.05, 0) is 45.8 Å². The third-order valence-corrected chi connectivity index (χ3v) is 3.47. The van der Waals surface area contributed by atoms with Crippen LogP contribution in [0.15, 0.2) is 40.9 Å². The van der Waals surface area contributed by atoms with Crippen molar-refractivity contribution in [3.8, 4) is 5.75 Å². The van der Waals surface area contributed by atoms with Gasteiger partial charge in [0.25, 0.3) is 5.69 Å². The molecule has 1 N–H and O–H groups in total. The maximum absolute atomic E-state index is 13.4. The number of hydrogen-bond acceptors (Lipinski definition) is 4. The lowest BCUT2D eigenvalue weighted by atomic mass is 10.2. The van der Waals surface area contributed by atoms with Gasteiger partial charge in [0.2, 0.25) is 0 Å². The van der Waals surface area contributed by atoms with Crippen LogP contribution in [0, 0.1) is 15.9 Å². The van der Waals surface area contributed by atoms with E-state index >= 15 is 0 Å². The fourth-order valence-electron chi connectivity index (χ4n) is 1.77. The molecule has 0 atom stereocenters. The maximum Gasteiger partial charge on any atom is 0.292 e. The number of nitro benzene ring substituents is 1. The zero-order valence-corrected chi connectivity index (χ0v) is 12.7. The molecule has 5 nitrogen and oxygen atoms in total. The second kappa shape index (κ2) is 6.53. The molecular formula is C14H12BrFN2O3. The Morgan fingerprint density at radius 2 is 2.10 bits per heavy atom. The van der Waals surface area contributed by atoms with Crippen molar-refractivity contribution in [1.82, 2.24) is 0 Å². The first kappa shape index (κ1) is 15.2. The minimum Gasteiger partial charge on any atom is -0.489 e. The van der Waals surface area contributed by atoms with Crippen LogP contribution in [0.1, 0.15) is 5.56 Å². The van der Waals surface area contributed by atoms with Crippen LogP contribution < -0.4 is 10.1 Å². The van der Waals surface area contributed by atoms with Crippen LogP contribution >= 0.6 is 15.9 Å². The molecular weight excluding hydrogens is 343 g/mol. The molecule has 0 heterocycles. The number of nitro groups is 1. The highest BCUT2D eigenvalue weighted by Gasteiger charge is 2.13. The molecule has 0 aliphatic carbocycles. The van der Waals surface area contributed by atoms with Gasteiger partial charge in [-0.25, -0.2) is 4.39 Å². The van der Waals surface area contributed by atoms with Gasteiger partial charge in [-0.2, -0.15) is 0 Å². The van der Waals surface area contributed by atoms with E-state index in [1.165, 1.54) is 12.1 Å². The lowest BCUT2D eigenvalue weighted by Crippen LogP contribution is -2.00. The molecule has 0 aliphatic rings. The van der Waals surface area contributed by atoms with Crippen molar-refractivity contribution in [2.45, 2.75) is 6.61 Å². The summed E-state index contributed by atoms with van der Waals surface area (Å²) in [6.45, 7) is 0.188. The molecule has 0 amide bonds. The topological polar surface area (TPSA) is 64.4 Å². The highest BCUT2D eigenvalue weighted by atomic mass is 79.9. The molecule has 7 heteroatoms. The number of nitrogens with zero attached hydrogens (tertiary/aromatic N) is 1. The minimum atomic E-state index is -0.458. The second-order valence-electron chi connectivity index (χ2n) is 4.22. The number of halogens is 2. The summed E-state index contributed by atoms with van der Waals surface area (Å²) < 4.78 is 19.2. The van der Waals surface area contributed by atoms with Crippen molar-refractivity contribution >= 4 is 27.3 Å². The fraction of sp³-hybridized carbons (Fsp3) is 0.143. The summed E-state index contributed by atoms with van der Waals surface area (Å²) in [4.78, 5) is 10.4. The largest absolute Gasteiger partial charge is 0.489 e. The fourth-order valence-corrected chi connectivity index (χ4v) is 2.01. The quantitative estimate of drug-likeness (QED) is 0.647. The van der Waals surface area contributed by atoms with Crippen molar-refractivity contribution in [3.05, 3.63) is 62.4 Å². The van der Waals surface area contributed by atoms with Gasteiger partial charge in [0.15, 0.2) is 0 Å². The Morgan fingerprint density at radius 3 is 2.71 bits per heavy atom. The zero-order valence-electron chi connectivity index (χ0n) is 11.1. The molecule has 0 unspecified atom stereocenters. The van der Waals surface area contributed by atoms with Gasteiger partial charge in [0.05, 0.1) is 9.40 Å². The molecule has 2 aromatic carbocycles. The minimum absolute atomic E-state index is 0.00376. The van der Waals surface area contributed by atoms with Crippen molar-refractivity contribution in [2.75, 3.05) is 12.4 Å². The summed E-state index contributed by atoms with van der Waals surface area (Å²) in [5.41, 5.74) is 1.15. The van der Waals surface area contributed by atoms with Gasteiger partial charge in [0, 0.05) is 19.2 Å². The van der Waals surface area contributed by atoms with Gasteiger partial charge in [0.1, 0.15) is 23.9 Å². The molecule has 110 valence electrons. The maximum atomic E-state index is 13.4. The van der Waals surface area contributed by atoms with Crippen LogP contribution in [0.2, 0.25) is 0 Å². The summed E-state index contributed by atoms with van der Waals surface area (Å²) in [5, 5.41) is 13.6. The summed E-state index contributed by atoms with van der Waals surface area (Å²) in [5.74, 6) is -0.0211. The Hall–Kier alpha value is -2.15. The molecule has 0 aliphatic heterocycles. The van der Waals surface area contributed by atoms with Crippen molar-refractivity contribution in [3.63, 3.8) is 0 Å². The molecule has 0 saturated heterocycles. The van der Waals surface area contributed by atoms with E-state index in [2.05, 4.69) is 21.2 Å². The lowest BCUT2D eigenvalue weighted by Gasteiger charge is -2.09. The number of anilines is 1. The van der Waals surface area contributed by atoms with Crippen molar-refractivity contribution in [1.29, 1.82) is 0 Å². The highest BCUT2D eigenvalue weighted by molar-refractivity contribution is 9.10. The van der Waals surface area contributed by atoms with E-state index in [1.54, 1.807) is 31.3 Å². The van der Waals surface area contributed by atoms with E-state index in [9.17, 15) is 14.5 Å². The summed E-state index contributed by atoms with van der Waals surface area (Å²) >= 11 is 3.06. The number of nitrogens with one attached hydrogen (secondary N) is 1. The molecule has 0 saturated carbocycles. The average Bonchev–Trinajstić information content (AvgIpc) is 2.48. The van der Waals surface area contributed by atoms with Gasteiger partial charge >= 0.3 is 0 Å². The molecule has 21 heavy (non-hydrogen) atoms. The first-order valence-corrected chi connectivity index (χ1v) is 6.83. The van der Waals surface area contributed by atoms with Crippen molar-refractivity contribution in [2.24, 2.45) is 0 Å². The van der Waals surface area contributed by atoms with Gasteiger partial charge < -0.3 is 10.1 Å². The lowest BCUT2D eigenvalue weighted by molar-refractivity contribution is -0.384. The smallest absolute Gasteiger partial charge is 0.292 e. The monoisotopic (exact) mass is 354 g/mol. The normalized spacial score (nSPS) is 10.2. The summed E-state index contributed by atoms with van der Waals surface area (Å²) in [7, 11) is 1.61. The van der Waals surface area contributed by atoms with E-state index < -0.39 is 10.7 Å². The Morgan fingerprint density at radius 1 is 1.33 bits per heavy atom. The molecule has 0 radical (unpaired) electrons. The third-order valence-electron chi connectivity index (χ3n) is 2.82. The van der Waals surface area contributed by atoms with E-state index in [4.69, 9.17) is 4.74 Å². The molecule has 0 aromatic heterocycles. The standard InChI is InChI=1S/C14H12BrFN2O3/c1-17-13-6-9(2-5-14(13)18(19)20)8-21-10-3-4-11(15)12(16)7-10/h2-7,17H,8H2,1H3. The van der Waals surface area contributed by atoms with Crippen LogP contribution in [-0.4, -0.2) is 12.0 Å². The third kappa shape index (κ3) is 3.69. The Balaban J connectivity index is 2.13. The van der Waals surface area contributed by atoms with E-state index in [1.807, 2.05) is 0 Å². The summed E-state index contributed by atoms with van der Waals surface area (Å²) in [6, 6.07) is 9.11. The second-order valence-corrected chi connectivity index (χ2v) is 5.08. The molecule has 2 aromatic rings. The summed E-state index contributed by atoms with van der Waals surface area (Å²) in [6.07, 6.45) is 0.